The Kier molecular flexibility index (Phi) is 6.67. The molecule has 0 radical (unpaired) electrons. The van der Waals surface area contributed by atoms with Crippen LogP contribution in [0.5, 0.6) is 0 Å². The van der Waals surface area contributed by atoms with E-state index in [2.05, 4.69) is 16.7 Å². The predicted molar refractivity (Wildman–Crippen MR) is 109 cm³/mol. The highest BCUT2D eigenvalue weighted by atomic mass is 35.5. The molecule has 2 aromatic rings. The Morgan fingerprint density at radius 3 is 2.29 bits per heavy atom. The Hall–Kier alpha value is -2.84. The molecular formula is C22H22ClN3O2. The van der Waals surface area contributed by atoms with E-state index in [1.54, 1.807) is 36.4 Å². The molecule has 1 fully saturated rings. The van der Waals surface area contributed by atoms with Gasteiger partial charge in [0.15, 0.2) is 0 Å². The van der Waals surface area contributed by atoms with Gasteiger partial charge in [0, 0.05) is 29.1 Å². The van der Waals surface area contributed by atoms with Gasteiger partial charge in [0.25, 0.3) is 0 Å². The topological polar surface area (TPSA) is 82.0 Å². The standard InChI is InChI=1S/C22H22ClN3O2/c23-19-10-4-15(5-11-19)14-25-21(27)17-6-8-18(9-7-17)22(28)26-20-3-1-2-16(12-20)13-24/h1-5,10-12,17-18H,6-9,14H2,(H,25,27)(H,26,28). The van der Waals surface area contributed by atoms with E-state index in [0.29, 0.717) is 48.5 Å². The van der Waals surface area contributed by atoms with Crippen molar-refractivity contribution >= 4 is 29.1 Å². The Bertz CT molecular complexity index is 881. The number of carbonyl (C=O) groups excluding carboxylic acids is 2. The third-order valence-electron chi connectivity index (χ3n) is 5.11. The van der Waals surface area contributed by atoms with Crippen LogP contribution in [0.3, 0.4) is 0 Å². The summed E-state index contributed by atoms with van der Waals surface area (Å²) in [5, 5.41) is 15.5. The van der Waals surface area contributed by atoms with E-state index in [4.69, 9.17) is 16.9 Å². The van der Waals surface area contributed by atoms with Crippen LogP contribution in [0.15, 0.2) is 48.5 Å². The first kappa shape index (κ1) is 19.9. The van der Waals surface area contributed by atoms with Crippen molar-refractivity contribution in [2.24, 2.45) is 11.8 Å². The minimum atomic E-state index is -0.106. The van der Waals surface area contributed by atoms with Gasteiger partial charge in [-0.1, -0.05) is 29.8 Å². The summed E-state index contributed by atoms with van der Waals surface area (Å²) in [6.07, 6.45) is 2.76. The van der Waals surface area contributed by atoms with Gasteiger partial charge in [0.2, 0.25) is 11.8 Å². The van der Waals surface area contributed by atoms with Crippen LogP contribution >= 0.6 is 11.6 Å². The SMILES string of the molecule is N#Cc1cccc(NC(=O)C2CCC(C(=O)NCc3ccc(Cl)cc3)CC2)c1. The van der Waals surface area contributed by atoms with Crippen molar-refractivity contribution in [2.45, 2.75) is 32.2 Å². The van der Waals surface area contributed by atoms with Gasteiger partial charge >= 0.3 is 0 Å². The molecule has 1 saturated carbocycles. The first-order valence-electron chi connectivity index (χ1n) is 9.38. The molecule has 0 heterocycles. The van der Waals surface area contributed by atoms with E-state index >= 15 is 0 Å². The van der Waals surface area contributed by atoms with Gasteiger partial charge in [-0.2, -0.15) is 5.26 Å². The summed E-state index contributed by atoms with van der Waals surface area (Å²) in [5.41, 5.74) is 2.15. The van der Waals surface area contributed by atoms with Crippen LogP contribution in [0.1, 0.15) is 36.8 Å². The first-order valence-corrected chi connectivity index (χ1v) is 9.76. The molecule has 2 amide bonds. The molecule has 3 rings (SSSR count). The zero-order valence-electron chi connectivity index (χ0n) is 15.5. The summed E-state index contributed by atoms with van der Waals surface area (Å²) < 4.78 is 0. The minimum absolute atomic E-state index is 0.0375. The Morgan fingerprint density at radius 1 is 1.00 bits per heavy atom. The second-order valence-corrected chi connectivity index (χ2v) is 7.51. The first-order chi connectivity index (χ1) is 13.5. The number of carbonyl (C=O) groups is 2. The maximum absolute atomic E-state index is 12.5. The molecule has 0 unspecified atom stereocenters. The summed E-state index contributed by atoms with van der Waals surface area (Å²) in [7, 11) is 0. The number of nitrogens with zero attached hydrogens (tertiary/aromatic N) is 1. The van der Waals surface area contributed by atoms with Gasteiger partial charge in [0.1, 0.15) is 0 Å². The average Bonchev–Trinajstić information content (AvgIpc) is 2.73. The molecule has 2 aromatic carbocycles. The maximum atomic E-state index is 12.5. The number of nitrogens with one attached hydrogen (secondary N) is 2. The van der Waals surface area contributed by atoms with Crippen molar-refractivity contribution < 1.29 is 9.59 Å². The number of anilines is 1. The van der Waals surface area contributed by atoms with Crippen molar-refractivity contribution in [1.82, 2.24) is 5.32 Å². The number of amides is 2. The van der Waals surface area contributed by atoms with Crippen LogP contribution in [0, 0.1) is 23.2 Å². The fourth-order valence-corrected chi connectivity index (χ4v) is 3.59. The molecule has 0 atom stereocenters. The van der Waals surface area contributed by atoms with Crippen molar-refractivity contribution in [3.63, 3.8) is 0 Å². The van der Waals surface area contributed by atoms with Gasteiger partial charge in [-0.15, -0.1) is 0 Å². The fraction of sp³-hybridized carbons (Fsp3) is 0.318. The van der Waals surface area contributed by atoms with E-state index in [-0.39, 0.29) is 23.7 Å². The van der Waals surface area contributed by atoms with E-state index in [1.165, 1.54) is 0 Å². The lowest BCUT2D eigenvalue weighted by Gasteiger charge is -2.27. The van der Waals surface area contributed by atoms with Crippen LogP contribution in [-0.4, -0.2) is 11.8 Å². The summed E-state index contributed by atoms with van der Waals surface area (Å²) in [6, 6.07) is 16.3. The highest BCUT2D eigenvalue weighted by Gasteiger charge is 2.29. The third kappa shape index (κ3) is 5.34. The third-order valence-corrected chi connectivity index (χ3v) is 5.36. The van der Waals surface area contributed by atoms with Crippen molar-refractivity contribution in [1.29, 1.82) is 5.26 Å². The van der Waals surface area contributed by atoms with Crippen LogP contribution in [0.4, 0.5) is 5.69 Å². The summed E-state index contributed by atoms with van der Waals surface area (Å²) in [4.78, 5) is 24.9. The van der Waals surface area contributed by atoms with Crippen molar-refractivity contribution in [3.8, 4) is 6.07 Å². The zero-order chi connectivity index (χ0) is 19.9. The fourth-order valence-electron chi connectivity index (χ4n) is 3.46. The molecule has 1 aliphatic rings. The maximum Gasteiger partial charge on any atom is 0.227 e. The molecule has 0 aliphatic heterocycles. The number of nitriles is 1. The van der Waals surface area contributed by atoms with E-state index in [0.717, 1.165) is 5.56 Å². The van der Waals surface area contributed by atoms with Gasteiger partial charge in [-0.25, -0.2) is 0 Å². The summed E-state index contributed by atoms with van der Waals surface area (Å²) in [6.45, 7) is 0.478. The molecule has 144 valence electrons. The molecule has 0 aromatic heterocycles. The summed E-state index contributed by atoms with van der Waals surface area (Å²) in [5.74, 6) is -0.171. The van der Waals surface area contributed by atoms with Crippen LogP contribution in [0.25, 0.3) is 0 Å². The van der Waals surface area contributed by atoms with Crippen molar-refractivity contribution in [2.75, 3.05) is 5.32 Å². The molecule has 1 aliphatic carbocycles. The molecule has 0 saturated heterocycles. The van der Waals surface area contributed by atoms with Crippen LogP contribution in [-0.2, 0) is 16.1 Å². The summed E-state index contributed by atoms with van der Waals surface area (Å²) >= 11 is 5.87. The van der Waals surface area contributed by atoms with E-state index < -0.39 is 0 Å². The van der Waals surface area contributed by atoms with E-state index in [9.17, 15) is 9.59 Å². The lowest BCUT2D eigenvalue weighted by molar-refractivity contribution is -0.128. The van der Waals surface area contributed by atoms with Gasteiger partial charge in [-0.05, 0) is 61.6 Å². The lowest BCUT2D eigenvalue weighted by atomic mass is 9.81. The number of halogens is 1. The molecule has 2 N–H and O–H groups in total. The Balaban J connectivity index is 1.45. The lowest BCUT2D eigenvalue weighted by Crippen LogP contribution is -2.35. The molecular weight excluding hydrogens is 374 g/mol. The number of hydrogen-bond donors (Lipinski definition) is 2. The second-order valence-electron chi connectivity index (χ2n) is 7.07. The van der Waals surface area contributed by atoms with Crippen LogP contribution < -0.4 is 10.6 Å². The Labute approximate surface area is 169 Å². The zero-order valence-corrected chi connectivity index (χ0v) is 16.2. The quantitative estimate of drug-likeness (QED) is 0.792. The number of rotatable bonds is 5. The second kappa shape index (κ2) is 9.38. The Morgan fingerprint density at radius 2 is 1.64 bits per heavy atom. The normalized spacial score (nSPS) is 18.7. The number of hydrogen-bond acceptors (Lipinski definition) is 3. The van der Waals surface area contributed by atoms with Gasteiger partial charge in [-0.3, -0.25) is 9.59 Å². The average molecular weight is 396 g/mol. The molecule has 0 spiro atoms. The van der Waals surface area contributed by atoms with Gasteiger partial charge < -0.3 is 10.6 Å². The van der Waals surface area contributed by atoms with Crippen molar-refractivity contribution in [3.05, 3.63) is 64.7 Å². The highest BCUT2D eigenvalue weighted by molar-refractivity contribution is 6.30. The van der Waals surface area contributed by atoms with E-state index in [1.807, 2.05) is 12.1 Å². The molecule has 5 nitrogen and oxygen atoms in total. The molecule has 28 heavy (non-hydrogen) atoms. The minimum Gasteiger partial charge on any atom is -0.352 e. The smallest absolute Gasteiger partial charge is 0.227 e. The van der Waals surface area contributed by atoms with Gasteiger partial charge in [0.05, 0.1) is 11.6 Å². The van der Waals surface area contributed by atoms with Crippen LogP contribution in [0.2, 0.25) is 5.02 Å². The number of benzene rings is 2. The molecule has 6 heteroatoms. The predicted octanol–water partition coefficient (Wildman–Crippen LogP) is 4.27. The molecule has 0 bridgehead atoms. The monoisotopic (exact) mass is 395 g/mol. The largest absolute Gasteiger partial charge is 0.352 e. The highest BCUT2D eigenvalue weighted by Crippen LogP contribution is 2.30.